The van der Waals surface area contributed by atoms with Crippen molar-refractivity contribution >= 4 is 0 Å². The highest BCUT2D eigenvalue weighted by atomic mass is 16.5. The van der Waals surface area contributed by atoms with E-state index in [2.05, 4.69) is 17.9 Å². The SMILES string of the molecule is COc1cc2c(c(OC)c1)CN1C(C2)c2cc(O)c(OC)cc2C[C@@H]1C. The molecule has 2 atom stereocenters. The normalized spacial score (nSPS) is 21.4. The molecule has 0 spiro atoms. The molecule has 1 N–H and O–H groups in total. The van der Waals surface area contributed by atoms with E-state index in [0.29, 0.717) is 11.8 Å². The second-order valence-electron chi connectivity index (χ2n) is 7.14. The third-order valence-electron chi connectivity index (χ3n) is 5.77. The van der Waals surface area contributed by atoms with Gasteiger partial charge in [0.2, 0.25) is 0 Å². The van der Waals surface area contributed by atoms with Crippen LogP contribution in [0.15, 0.2) is 24.3 Å². The van der Waals surface area contributed by atoms with E-state index in [1.807, 2.05) is 18.2 Å². The van der Waals surface area contributed by atoms with Crippen molar-refractivity contribution in [2.75, 3.05) is 21.3 Å². The first-order valence-electron chi connectivity index (χ1n) is 8.95. The van der Waals surface area contributed by atoms with Gasteiger partial charge in [0, 0.05) is 30.3 Å². The first-order chi connectivity index (χ1) is 12.5. The number of nitrogens with zero attached hydrogens (tertiary/aromatic N) is 1. The number of benzene rings is 2. The number of phenolic OH excluding ortho intramolecular Hbond substituents is 1. The molecular weight excluding hydrogens is 330 g/mol. The number of hydrogen-bond donors (Lipinski definition) is 1. The smallest absolute Gasteiger partial charge is 0.160 e. The first-order valence-corrected chi connectivity index (χ1v) is 8.95. The molecule has 138 valence electrons. The highest BCUT2D eigenvalue weighted by molar-refractivity contribution is 5.53. The summed E-state index contributed by atoms with van der Waals surface area (Å²) in [5.41, 5.74) is 4.93. The second kappa shape index (κ2) is 6.40. The van der Waals surface area contributed by atoms with E-state index in [1.54, 1.807) is 21.3 Å². The topological polar surface area (TPSA) is 51.2 Å². The Morgan fingerprint density at radius 2 is 1.69 bits per heavy atom. The Bertz CT molecular complexity index is 848. The van der Waals surface area contributed by atoms with Gasteiger partial charge in [0.25, 0.3) is 0 Å². The van der Waals surface area contributed by atoms with Gasteiger partial charge in [-0.1, -0.05) is 0 Å². The van der Waals surface area contributed by atoms with Gasteiger partial charge in [-0.25, -0.2) is 0 Å². The fourth-order valence-corrected chi connectivity index (χ4v) is 4.42. The number of ether oxygens (including phenoxy) is 3. The van der Waals surface area contributed by atoms with Crippen molar-refractivity contribution in [1.82, 2.24) is 4.90 Å². The molecule has 2 aromatic rings. The Kier molecular flexibility index (Phi) is 4.19. The fraction of sp³-hybridized carbons (Fsp3) is 0.429. The molecule has 0 aliphatic carbocycles. The highest BCUT2D eigenvalue weighted by Gasteiger charge is 2.37. The van der Waals surface area contributed by atoms with Gasteiger partial charge < -0.3 is 19.3 Å². The number of rotatable bonds is 3. The van der Waals surface area contributed by atoms with Gasteiger partial charge >= 0.3 is 0 Å². The third kappa shape index (κ3) is 2.58. The lowest BCUT2D eigenvalue weighted by molar-refractivity contribution is 0.104. The zero-order valence-electron chi connectivity index (χ0n) is 15.7. The van der Waals surface area contributed by atoms with Crippen molar-refractivity contribution < 1.29 is 19.3 Å². The van der Waals surface area contributed by atoms with Crippen LogP contribution in [0.5, 0.6) is 23.0 Å². The van der Waals surface area contributed by atoms with Crippen molar-refractivity contribution in [1.29, 1.82) is 0 Å². The van der Waals surface area contributed by atoms with Gasteiger partial charge in [-0.15, -0.1) is 0 Å². The van der Waals surface area contributed by atoms with Crippen LogP contribution in [0.25, 0.3) is 0 Å². The van der Waals surface area contributed by atoms with Crippen molar-refractivity contribution in [3.8, 4) is 23.0 Å². The molecule has 0 fully saturated rings. The second-order valence-corrected chi connectivity index (χ2v) is 7.14. The first kappa shape index (κ1) is 17.0. The quantitative estimate of drug-likeness (QED) is 0.914. The number of methoxy groups -OCH3 is 3. The molecule has 2 aliphatic rings. The fourth-order valence-electron chi connectivity index (χ4n) is 4.42. The molecule has 0 saturated carbocycles. The van der Waals surface area contributed by atoms with Gasteiger partial charge in [0.1, 0.15) is 11.5 Å². The van der Waals surface area contributed by atoms with Crippen LogP contribution in [0.2, 0.25) is 0 Å². The van der Waals surface area contributed by atoms with E-state index >= 15 is 0 Å². The largest absolute Gasteiger partial charge is 0.504 e. The van der Waals surface area contributed by atoms with E-state index in [4.69, 9.17) is 14.2 Å². The zero-order valence-corrected chi connectivity index (χ0v) is 15.7. The molecule has 2 aliphatic heterocycles. The number of fused-ring (bicyclic) bond motifs is 4. The van der Waals surface area contributed by atoms with Crippen LogP contribution in [-0.4, -0.2) is 37.4 Å². The predicted molar refractivity (Wildman–Crippen MR) is 99.4 cm³/mol. The lowest BCUT2D eigenvalue weighted by Gasteiger charge is -2.45. The summed E-state index contributed by atoms with van der Waals surface area (Å²) in [6.45, 7) is 3.09. The standard InChI is InChI=1S/C21H25NO4/c1-12-5-13-8-21(26-4)19(23)10-16(13)18-7-14-6-15(24-2)9-20(25-3)17(14)11-22(12)18/h6,8-10,12,18,23H,5,7,11H2,1-4H3/t12-,18?/m0/s1. The molecule has 1 unspecified atom stereocenters. The van der Waals surface area contributed by atoms with Gasteiger partial charge in [-0.2, -0.15) is 0 Å². The zero-order chi connectivity index (χ0) is 18.4. The van der Waals surface area contributed by atoms with E-state index in [9.17, 15) is 5.11 Å². The third-order valence-corrected chi connectivity index (χ3v) is 5.77. The molecule has 0 bridgehead atoms. The van der Waals surface area contributed by atoms with E-state index in [1.165, 1.54) is 22.3 Å². The van der Waals surface area contributed by atoms with E-state index in [-0.39, 0.29) is 11.8 Å². The average Bonchev–Trinajstić information content (AvgIpc) is 2.66. The minimum atomic E-state index is 0.203. The van der Waals surface area contributed by atoms with Crippen LogP contribution in [0, 0.1) is 0 Å². The van der Waals surface area contributed by atoms with E-state index < -0.39 is 0 Å². The Balaban J connectivity index is 1.81. The lowest BCUT2D eigenvalue weighted by Crippen LogP contribution is -2.45. The van der Waals surface area contributed by atoms with E-state index in [0.717, 1.165) is 30.9 Å². The van der Waals surface area contributed by atoms with Crippen LogP contribution >= 0.6 is 0 Å². The van der Waals surface area contributed by atoms with Gasteiger partial charge in [-0.05, 0) is 54.7 Å². The summed E-state index contributed by atoms with van der Waals surface area (Å²) in [6.07, 6.45) is 1.81. The molecule has 0 saturated heterocycles. The number of aromatic hydroxyl groups is 1. The molecule has 4 rings (SSSR count). The minimum Gasteiger partial charge on any atom is -0.504 e. The molecule has 2 heterocycles. The number of phenols is 1. The van der Waals surface area contributed by atoms with Crippen molar-refractivity contribution in [2.45, 2.75) is 38.4 Å². The molecule has 5 heteroatoms. The highest BCUT2D eigenvalue weighted by Crippen LogP contribution is 2.46. The Morgan fingerprint density at radius 1 is 0.923 bits per heavy atom. The van der Waals surface area contributed by atoms with Crippen molar-refractivity contribution in [3.63, 3.8) is 0 Å². The summed E-state index contributed by atoms with van der Waals surface area (Å²) >= 11 is 0. The maximum absolute atomic E-state index is 10.3. The Labute approximate surface area is 154 Å². The summed E-state index contributed by atoms with van der Waals surface area (Å²) in [7, 11) is 4.98. The lowest BCUT2D eigenvalue weighted by atomic mass is 9.81. The minimum absolute atomic E-state index is 0.203. The van der Waals surface area contributed by atoms with Gasteiger partial charge in [0.05, 0.1) is 21.3 Å². The summed E-state index contributed by atoms with van der Waals surface area (Å²) < 4.78 is 16.4. The van der Waals surface area contributed by atoms with Crippen LogP contribution < -0.4 is 14.2 Å². The molecule has 26 heavy (non-hydrogen) atoms. The molecule has 0 amide bonds. The maximum Gasteiger partial charge on any atom is 0.160 e. The van der Waals surface area contributed by atoms with Crippen LogP contribution in [0.3, 0.4) is 0 Å². The van der Waals surface area contributed by atoms with Crippen LogP contribution in [-0.2, 0) is 19.4 Å². The van der Waals surface area contributed by atoms with Crippen LogP contribution in [0.1, 0.15) is 35.2 Å². The molecule has 5 nitrogen and oxygen atoms in total. The van der Waals surface area contributed by atoms with Crippen LogP contribution in [0.4, 0.5) is 0 Å². The molecule has 0 radical (unpaired) electrons. The maximum atomic E-state index is 10.3. The number of hydrogen-bond acceptors (Lipinski definition) is 5. The van der Waals surface area contributed by atoms with Crippen molar-refractivity contribution in [3.05, 3.63) is 46.5 Å². The summed E-state index contributed by atoms with van der Waals surface area (Å²) in [5.74, 6) is 2.45. The predicted octanol–water partition coefficient (Wildman–Crippen LogP) is 3.46. The Hall–Kier alpha value is -2.40. The summed E-state index contributed by atoms with van der Waals surface area (Å²) in [6, 6.07) is 8.56. The molecule has 0 aromatic heterocycles. The monoisotopic (exact) mass is 355 g/mol. The average molecular weight is 355 g/mol. The summed E-state index contributed by atoms with van der Waals surface area (Å²) in [4.78, 5) is 2.51. The molecular formula is C21H25NO4. The van der Waals surface area contributed by atoms with Gasteiger partial charge in [0.15, 0.2) is 11.5 Å². The molecule has 2 aromatic carbocycles. The van der Waals surface area contributed by atoms with Gasteiger partial charge in [-0.3, -0.25) is 4.90 Å². The summed E-state index contributed by atoms with van der Waals surface area (Å²) in [5, 5.41) is 10.3. The Morgan fingerprint density at radius 3 is 2.38 bits per heavy atom. The van der Waals surface area contributed by atoms with Crippen molar-refractivity contribution in [2.24, 2.45) is 0 Å².